The van der Waals surface area contributed by atoms with E-state index in [9.17, 15) is 24.4 Å². The molecule has 0 aromatic carbocycles. The molecule has 0 spiro atoms. The molecule has 20 heavy (non-hydrogen) atoms. The molecular formula is C11H19N3O6. The summed E-state index contributed by atoms with van der Waals surface area (Å²) < 4.78 is 4.94. The maximum atomic E-state index is 11.8. The van der Waals surface area contributed by atoms with Gasteiger partial charge in [-0.25, -0.2) is 0 Å². The highest BCUT2D eigenvalue weighted by molar-refractivity contribution is 6.06. The lowest BCUT2D eigenvalue weighted by Gasteiger charge is -2.24. The zero-order chi connectivity index (χ0) is 16.1. The fraction of sp³-hybridized carbons (Fsp3) is 0.636. The minimum Gasteiger partial charge on any atom is -0.459 e. The first kappa shape index (κ1) is 18.0. The second-order valence-corrected chi connectivity index (χ2v) is 5.00. The van der Waals surface area contributed by atoms with Gasteiger partial charge >= 0.3 is 5.97 Å². The Morgan fingerprint density at radius 2 is 1.75 bits per heavy atom. The molecule has 0 rings (SSSR count). The second kappa shape index (κ2) is 6.96. The van der Waals surface area contributed by atoms with Crippen LogP contribution in [0.25, 0.3) is 0 Å². The summed E-state index contributed by atoms with van der Waals surface area (Å²) in [4.78, 5) is 45.6. The third-order valence-electron chi connectivity index (χ3n) is 2.01. The monoisotopic (exact) mass is 289 g/mol. The van der Waals surface area contributed by atoms with E-state index in [-0.39, 0.29) is 5.06 Å². The topological polar surface area (TPSA) is 153 Å². The third kappa shape index (κ3) is 5.76. The number of carbonyl (C=O) groups is 4. The molecule has 0 radical (unpaired) electrons. The molecule has 1 atom stereocenters. The zero-order valence-corrected chi connectivity index (χ0v) is 11.6. The van der Waals surface area contributed by atoms with Crippen molar-refractivity contribution in [3.8, 4) is 0 Å². The standard InChI is InChI=1S/C11H19N3O6/c1-11(2,3)20-10(18)6(4-7(13)15)9(17)14(19)8(16)5-12/h6,19H,4-5,12H2,1-3H3,(H2,13,15). The van der Waals surface area contributed by atoms with Crippen LogP contribution in [-0.2, 0) is 23.9 Å². The Morgan fingerprint density at radius 3 is 2.10 bits per heavy atom. The Bertz CT molecular complexity index is 415. The van der Waals surface area contributed by atoms with Crippen molar-refractivity contribution < 1.29 is 29.1 Å². The maximum Gasteiger partial charge on any atom is 0.319 e. The lowest BCUT2D eigenvalue weighted by atomic mass is 10.0. The van der Waals surface area contributed by atoms with Gasteiger partial charge in [0, 0.05) is 6.42 Å². The number of primary amides is 1. The van der Waals surface area contributed by atoms with E-state index in [0.717, 1.165) is 0 Å². The molecule has 5 N–H and O–H groups in total. The molecule has 1 unspecified atom stereocenters. The summed E-state index contributed by atoms with van der Waals surface area (Å²) in [5.74, 6) is -6.15. The molecule has 0 saturated carbocycles. The normalized spacial score (nSPS) is 12.4. The molecule has 0 fully saturated rings. The summed E-state index contributed by atoms with van der Waals surface area (Å²) in [7, 11) is 0. The first-order valence-electron chi connectivity index (χ1n) is 5.76. The second-order valence-electron chi connectivity index (χ2n) is 5.00. The summed E-state index contributed by atoms with van der Waals surface area (Å²) in [6, 6.07) is 0. The molecule has 9 heteroatoms. The molecule has 0 saturated heterocycles. The highest BCUT2D eigenvalue weighted by Gasteiger charge is 2.37. The van der Waals surface area contributed by atoms with E-state index in [0.29, 0.717) is 0 Å². The molecule has 0 aliphatic rings. The van der Waals surface area contributed by atoms with Crippen molar-refractivity contribution >= 4 is 23.7 Å². The highest BCUT2D eigenvalue weighted by atomic mass is 16.6. The van der Waals surface area contributed by atoms with Crippen molar-refractivity contribution in [3.63, 3.8) is 0 Å². The van der Waals surface area contributed by atoms with E-state index in [1.165, 1.54) is 0 Å². The number of esters is 1. The van der Waals surface area contributed by atoms with E-state index in [1.807, 2.05) is 0 Å². The van der Waals surface area contributed by atoms with Crippen molar-refractivity contribution in [1.29, 1.82) is 0 Å². The first-order chi connectivity index (χ1) is 8.99. The summed E-state index contributed by atoms with van der Waals surface area (Å²) >= 11 is 0. The SMILES string of the molecule is CC(C)(C)OC(=O)C(CC(N)=O)C(=O)N(O)C(=O)CN. The van der Waals surface area contributed by atoms with Gasteiger partial charge in [-0.15, -0.1) is 0 Å². The maximum absolute atomic E-state index is 11.8. The number of hydrogen-bond acceptors (Lipinski definition) is 7. The summed E-state index contributed by atoms with van der Waals surface area (Å²) in [5, 5.41) is 9.00. The van der Waals surface area contributed by atoms with Crippen LogP contribution in [0.3, 0.4) is 0 Å². The van der Waals surface area contributed by atoms with Crippen LogP contribution >= 0.6 is 0 Å². The van der Waals surface area contributed by atoms with Gasteiger partial charge in [0.15, 0.2) is 0 Å². The Labute approximate surface area is 115 Å². The van der Waals surface area contributed by atoms with Crippen LogP contribution in [0.1, 0.15) is 27.2 Å². The van der Waals surface area contributed by atoms with E-state index in [2.05, 4.69) is 0 Å². The summed E-state index contributed by atoms with van der Waals surface area (Å²) in [5.41, 5.74) is 9.00. The van der Waals surface area contributed by atoms with Gasteiger partial charge in [-0.1, -0.05) is 0 Å². The van der Waals surface area contributed by atoms with Gasteiger partial charge in [-0.05, 0) is 20.8 Å². The average molecular weight is 289 g/mol. The van der Waals surface area contributed by atoms with Gasteiger partial charge in [0.25, 0.3) is 11.8 Å². The number of nitrogens with zero attached hydrogens (tertiary/aromatic N) is 1. The predicted octanol–water partition coefficient (Wildman–Crippen LogP) is -1.48. The zero-order valence-electron chi connectivity index (χ0n) is 11.6. The van der Waals surface area contributed by atoms with Gasteiger partial charge < -0.3 is 16.2 Å². The minimum absolute atomic E-state index is 0.308. The van der Waals surface area contributed by atoms with Crippen LogP contribution in [0, 0.1) is 5.92 Å². The van der Waals surface area contributed by atoms with E-state index in [4.69, 9.17) is 16.2 Å². The van der Waals surface area contributed by atoms with Crippen LogP contribution in [-0.4, -0.2) is 46.1 Å². The van der Waals surface area contributed by atoms with Gasteiger partial charge in [0.05, 0.1) is 6.54 Å². The molecule has 114 valence electrons. The minimum atomic E-state index is -1.70. The van der Waals surface area contributed by atoms with Crippen LogP contribution in [0.15, 0.2) is 0 Å². The Kier molecular flexibility index (Phi) is 6.27. The lowest BCUT2D eigenvalue weighted by Crippen LogP contribution is -2.46. The summed E-state index contributed by atoms with van der Waals surface area (Å²) in [6.07, 6.45) is -0.692. The van der Waals surface area contributed by atoms with Crippen LogP contribution in [0.5, 0.6) is 0 Å². The average Bonchev–Trinajstić information content (AvgIpc) is 2.30. The van der Waals surface area contributed by atoms with Crippen LogP contribution < -0.4 is 11.5 Å². The molecule has 0 aromatic rings. The molecule has 9 nitrogen and oxygen atoms in total. The van der Waals surface area contributed by atoms with Crippen LogP contribution in [0.4, 0.5) is 0 Å². The van der Waals surface area contributed by atoms with Crippen molar-refractivity contribution in [1.82, 2.24) is 5.06 Å². The fourth-order valence-corrected chi connectivity index (χ4v) is 1.20. The number of carbonyl (C=O) groups excluding carboxylic acids is 4. The fourth-order valence-electron chi connectivity index (χ4n) is 1.20. The molecular weight excluding hydrogens is 270 g/mol. The van der Waals surface area contributed by atoms with E-state index >= 15 is 0 Å². The number of ether oxygens (including phenoxy) is 1. The number of nitrogens with two attached hydrogens (primary N) is 2. The molecule has 3 amide bonds. The smallest absolute Gasteiger partial charge is 0.319 e. The molecule has 0 heterocycles. The number of imide groups is 1. The number of hydrogen-bond donors (Lipinski definition) is 3. The first-order valence-corrected chi connectivity index (χ1v) is 5.76. The lowest BCUT2D eigenvalue weighted by molar-refractivity contribution is -0.186. The molecule has 0 bridgehead atoms. The van der Waals surface area contributed by atoms with E-state index < -0.39 is 48.2 Å². The molecule has 0 aromatic heterocycles. The van der Waals surface area contributed by atoms with E-state index in [1.54, 1.807) is 20.8 Å². The molecule has 0 aliphatic heterocycles. The van der Waals surface area contributed by atoms with Gasteiger partial charge in [0.2, 0.25) is 5.91 Å². The van der Waals surface area contributed by atoms with Crippen molar-refractivity contribution in [2.75, 3.05) is 6.54 Å². The van der Waals surface area contributed by atoms with Crippen LogP contribution in [0.2, 0.25) is 0 Å². The van der Waals surface area contributed by atoms with Crippen molar-refractivity contribution in [3.05, 3.63) is 0 Å². The Morgan fingerprint density at radius 1 is 1.25 bits per heavy atom. The van der Waals surface area contributed by atoms with Gasteiger partial charge in [0.1, 0.15) is 11.5 Å². The molecule has 0 aliphatic carbocycles. The Hall–Kier alpha value is -2.00. The highest BCUT2D eigenvalue weighted by Crippen LogP contribution is 2.15. The Balaban J connectivity index is 5.15. The van der Waals surface area contributed by atoms with Crippen molar-refractivity contribution in [2.24, 2.45) is 17.4 Å². The van der Waals surface area contributed by atoms with Gasteiger partial charge in [-0.2, -0.15) is 5.06 Å². The van der Waals surface area contributed by atoms with Gasteiger partial charge in [-0.3, -0.25) is 24.4 Å². The number of amides is 3. The number of hydroxylamine groups is 2. The quantitative estimate of drug-likeness (QED) is 0.241. The third-order valence-corrected chi connectivity index (χ3v) is 2.01. The predicted molar refractivity (Wildman–Crippen MR) is 65.8 cm³/mol. The van der Waals surface area contributed by atoms with Crippen molar-refractivity contribution in [2.45, 2.75) is 32.8 Å². The largest absolute Gasteiger partial charge is 0.459 e. The number of rotatable bonds is 5. The summed E-state index contributed by atoms with van der Waals surface area (Å²) in [6.45, 7) is 4.02.